The highest BCUT2D eigenvalue weighted by Crippen LogP contribution is 2.30. The fraction of sp³-hybridized carbons (Fsp3) is 0.200. The number of rotatable bonds is 7. The average molecular weight is 380 g/mol. The maximum absolute atomic E-state index is 12.4. The van der Waals surface area contributed by atoms with Crippen LogP contribution in [0.5, 0.6) is 0 Å². The van der Waals surface area contributed by atoms with Crippen molar-refractivity contribution in [1.82, 2.24) is 4.31 Å². The largest absolute Gasteiger partial charge is 0.375 e. The molecule has 0 aliphatic rings. The van der Waals surface area contributed by atoms with E-state index in [4.69, 9.17) is 0 Å². The highest BCUT2D eigenvalue weighted by Gasteiger charge is 2.22. The summed E-state index contributed by atoms with van der Waals surface area (Å²) in [5.41, 5.74) is -0.406. The Morgan fingerprint density at radius 1 is 1.04 bits per heavy atom. The minimum Gasteiger partial charge on any atom is -0.375 e. The van der Waals surface area contributed by atoms with Crippen LogP contribution in [0.4, 0.5) is 17.1 Å². The molecule has 2 rings (SSSR count). The van der Waals surface area contributed by atoms with Gasteiger partial charge in [-0.2, -0.15) is 0 Å². The molecule has 26 heavy (non-hydrogen) atoms. The van der Waals surface area contributed by atoms with E-state index in [1.807, 2.05) is 0 Å². The van der Waals surface area contributed by atoms with Crippen LogP contribution < -0.4 is 5.32 Å². The maximum Gasteiger partial charge on any atom is 0.299 e. The molecule has 2 aromatic rings. The normalized spacial score (nSPS) is 11.3. The minimum atomic E-state index is -3.69. The lowest BCUT2D eigenvalue weighted by atomic mass is 10.2. The van der Waals surface area contributed by atoms with Crippen molar-refractivity contribution in [2.45, 2.75) is 11.4 Å². The van der Waals surface area contributed by atoms with Gasteiger partial charge >= 0.3 is 0 Å². The van der Waals surface area contributed by atoms with Gasteiger partial charge in [-0.15, -0.1) is 0 Å². The number of hydrogen-bond acceptors (Lipinski definition) is 7. The quantitative estimate of drug-likeness (QED) is 0.575. The molecular formula is C15H16N4O6S. The molecule has 10 nitrogen and oxygen atoms in total. The van der Waals surface area contributed by atoms with Gasteiger partial charge in [-0.25, -0.2) is 12.7 Å². The number of nitrogens with zero attached hydrogens (tertiary/aromatic N) is 3. The first-order chi connectivity index (χ1) is 12.1. The van der Waals surface area contributed by atoms with E-state index in [1.165, 1.54) is 26.2 Å². The second-order valence-electron chi connectivity index (χ2n) is 5.46. The summed E-state index contributed by atoms with van der Waals surface area (Å²) in [5, 5.41) is 24.7. The summed E-state index contributed by atoms with van der Waals surface area (Å²) in [6.45, 7) is -0.0120. The molecule has 0 saturated heterocycles. The summed E-state index contributed by atoms with van der Waals surface area (Å²) in [5.74, 6) is 0. The van der Waals surface area contributed by atoms with Crippen molar-refractivity contribution in [3.63, 3.8) is 0 Å². The Morgan fingerprint density at radius 3 is 2.27 bits per heavy atom. The van der Waals surface area contributed by atoms with Crippen molar-refractivity contribution < 1.29 is 18.3 Å². The van der Waals surface area contributed by atoms with Gasteiger partial charge in [0.25, 0.3) is 11.4 Å². The van der Waals surface area contributed by atoms with Gasteiger partial charge in [0.2, 0.25) is 10.0 Å². The number of nitrogens with one attached hydrogen (secondary N) is 1. The molecule has 0 radical (unpaired) electrons. The molecule has 0 aromatic heterocycles. The number of hydrogen-bond donors (Lipinski definition) is 1. The highest BCUT2D eigenvalue weighted by molar-refractivity contribution is 7.89. The Bertz CT molecular complexity index is 958. The second-order valence-corrected chi connectivity index (χ2v) is 7.58. The molecule has 0 bridgehead atoms. The second kappa shape index (κ2) is 7.45. The van der Waals surface area contributed by atoms with Gasteiger partial charge in [0.15, 0.2) is 0 Å². The van der Waals surface area contributed by atoms with Gasteiger partial charge in [0.05, 0.1) is 20.8 Å². The summed E-state index contributed by atoms with van der Waals surface area (Å²) in [6.07, 6.45) is 0. The van der Waals surface area contributed by atoms with Crippen LogP contribution in [0.25, 0.3) is 0 Å². The zero-order chi connectivity index (χ0) is 19.5. The number of nitro groups is 2. The van der Waals surface area contributed by atoms with E-state index in [0.29, 0.717) is 5.56 Å². The molecule has 2 aromatic carbocycles. The standard InChI is InChI=1S/C15H16N4O6S/c1-17(2)26(24,25)15-6-4-3-5-11(15)10-16-13-8-7-12(18(20)21)9-14(13)19(22)23/h3-9,16H,10H2,1-2H3. The fourth-order valence-corrected chi connectivity index (χ4v) is 3.34. The highest BCUT2D eigenvalue weighted by atomic mass is 32.2. The number of nitro benzene ring substituents is 2. The van der Waals surface area contributed by atoms with Gasteiger partial charge in [-0.3, -0.25) is 20.2 Å². The monoisotopic (exact) mass is 380 g/mol. The number of anilines is 1. The zero-order valence-electron chi connectivity index (χ0n) is 13.9. The van der Waals surface area contributed by atoms with Crippen LogP contribution in [0.3, 0.4) is 0 Å². The first-order valence-corrected chi connectivity index (χ1v) is 8.75. The molecular weight excluding hydrogens is 364 g/mol. The van der Waals surface area contributed by atoms with Gasteiger partial charge in [-0.1, -0.05) is 18.2 Å². The van der Waals surface area contributed by atoms with Crippen molar-refractivity contribution in [1.29, 1.82) is 0 Å². The summed E-state index contributed by atoms with van der Waals surface area (Å²) in [6, 6.07) is 9.46. The maximum atomic E-state index is 12.4. The predicted molar refractivity (Wildman–Crippen MR) is 94.4 cm³/mol. The third-order valence-corrected chi connectivity index (χ3v) is 5.50. The Balaban J connectivity index is 2.36. The Labute approximate surface area is 149 Å². The molecule has 138 valence electrons. The molecule has 0 fully saturated rings. The van der Waals surface area contributed by atoms with Crippen LogP contribution in [0, 0.1) is 20.2 Å². The van der Waals surface area contributed by atoms with E-state index in [2.05, 4.69) is 5.32 Å². The van der Waals surface area contributed by atoms with Crippen LogP contribution in [-0.4, -0.2) is 36.7 Å². The molecule has 0 amide bonds. The van der Waals surface area contributed by atoms with Crippen LogP contribution in [0.2, 0.25) is 0 Å². The molecule has 0 atom stereocenters. The number of sulfonamides is 1. The summed E-state index contributed by atoms with van der Waals surface area (Å²) < 4.78 is 25.8. The van der Waals surface area contributed by atoms with Crippen molar-refractivity contribution >= 4 is 27.1 Å². The molecule has 11 heteroatoms. The van der Waals surface area contributed by atoms with Gasteiger partial charge in [-0.05, 0) is 17.7 Å². The smallest absolute Gasteiger partial charge is 0.299 e. The fourth-order valence-electron chi connectivity index (χ4n) is 2.22. The van der Waals surface area contributed by atoms with Gasteiger partial charge in [0.1, 0.15) is 5.69 Å². The van der Waals surface area contributed by atoms with Crippen molar-refractivity contribution in [3.8, 4) is 0 Å². The van der Waals surface area contributed by atoms with Crippen molar-refractivity contribution in [2.24, 2.45) is 0 Å². The Morgan fingerprint density at radius 2 is 1.69 bits per heavy atom. The molecule has 0 heterocycles. The SMILES string of the molecule is CN(C)S(=O)(=O)c1ccccc1CNc1ccc([N+](=O)[O-])cc1[N+](=O)[O-]. The number of benzene rings is 2. The zero-order valence-corrected chi connectivity index (χ0v) is 14.8. The third kappa shape index (κ3) is 3.95. The van der Waals surface area contributed by atoms with Crippen molar-refractivity contribution in [2.75, 3.05) is 19.4 Å². The summed E-state index contributed by atoms with van der Waals surface area (Å²) in [4.78, 5) is 20.5. The molecule has 0 aliphatic carbocycles. The molecule has 0 aliphatic heterocycles. The molecule has 0 spiro atoms. The van der Waals surface area contributed by atoms with Crippen LogP contribution >= 0.6 is 0 Å². The van der Waals surface area contributed by atoms with E-state index in [9.17, 15) is 28.6 Å². The predicted octanol–water partition coefficient (Wildman–Crippen LogP) is 2.37. The summed E-state index contributed by atoms with van der Waals surface area (Å²) in [7, 11) is -0.879. The lowest BCUT2D eigenvalue weighted by molar-refractivity contribution is -0.393. The van der Waals surface area contributed by atoms with Crippen molar-refractivity contribution in [3.05, 3.63) is 68.3 Å². The van der Waals surface area contributed by atoms with Crippen LogP contribution in [-0.2, 0) is 16.6 Å². The van der Waals surface area contributed by atoms with Gasteiger partial charge < -0.3 is 5.32 Å². The molecule has 1 N–H and O–H groups in total. The third-order valence-electron chi connectivity index (χ3n) is 3.59. The van der Waals surface area contributed by atoms with Crippen LogP contribution in [0.1, 0.15) is 5.56 Å². The lowest BCUT2D eigenvalue weighted by Gasteiger charge is -2.15. The summed E-state index contributed by atoms with van der Waals surface area (Å²) >= 11 is 0. The van der Waals surface area contributed by atoms with E-state index >= 15 is 0 Å². The average Bonchev–Trinajstić information content (AvgIpc) is 2.59. The van der Waals surface area contributed by atoms with Crippen LogP contribution in [0.15, 0.2) is 47.4 Å². The molecule has 0 saturated carbocycles. The van der Waals surface area contributed by atoms with E-state index < -0.39 is 31.2 Å². The first-order valence-electron chi connectivity index (χ1n) is 7.31. The van der Waals surface area contributed by atoms with Gasteiger partial charge in [0, 0.05) is 26.7 Å². The minimum absolute atomic E-state index is 0.0120. The number of non-ortho nitro benzene ring substituents is 1. The Kier molecular flexibility index (Phi) is 5.53. The lowest BCUT2D eigenvalue weighted by Crippen LogP contribution is -2.23. The first kappa shape index (κ1) is 19.3. The molecule has 0 unspecified atom stereocenters. The van der Waals surface area contributed by atoms with E-state index in [1.54, 1.807) is 18.2 Å². The topological polar surface area (TPSA) is 136 Å². The van der Waals surface area contributed by atoms with E-state index in [0.717, 1.165) is 16.4 Å². The Hall–Kier alpha value is -3.05. The van der Waals surface area contributed by atoms with E-state index in [-0.39, 0.29) is 17.1 Å².